The number of rotatable bonds is 2. The van der Waals surface area contributed by atoms with E-state index in [-0.39, 0.29) is 0 Å². The standard InChI is InChI=1S/C10H16N4/c1-7-9(12)8(13-14(7)4)5-10(2,3)6-11/h5,12H2,1-4H3. The molecule has 0 aliphatic rings. The van der Waals surface area contributed by atoms with Gasteiger partial charge in [0.25, 0.3) is 0 Å². The van der Waals surface area contributed by atoms with Gasteiger partial charge in [0.15, 0.2) is 0 Å². The van der Waals surface area contributed by atoms with E-state index in [4.69, 9.17) is 11.0 Å². The molecule has 0 aliphatic carbocycles. The Morgan fingerprint density at radius 1 is 1.57 bits per heavy atom. The lowest BCUT2D eigenvalue weighted by Gasteiger charge is -2.12. The van der Waals surface area contributed by atoms with Crippen LogP contribution in [-0.2, 0) is 13.5 Å². The average molecular weight is 192 g/mol. The molecule has 0 aliphatic heterocycles. The number of nitriles is 1. The molecular weight excluding hydrogens is 176 g/mol. The SMILES string of the molecule is Cc1c(N)c(CC(C)(C)C#N)nn1C. The van der Waals surface area contributed by atoms with E-state index in [1.807, 2.05) is 27.8 Å². The molecule has 0 amide bonds. The first-order valence-electron chi connectivity index (χ1n) is 4.56. The Morgan fingerprint density at radius 3 is 2.50 bits per heavy atom. The largest absolute Gasteiger partial charge is 0.396 e. The number of aryl methyl sites for hydroxylation is 1. The highest BCUT2D eigenvalue weighted by Gasteiger charge is 2.21. The third kappa shape index (κ3) is 1.87. The summed E-state index contributed by atoms with van der Waals surface area (Å²) >= 11 is 0. The van der Waals surface area contributed by atoms with Gasteiger partial charge in [-0.3, -0.25) is 4.68 Å². The van der Waals surface area contributed by atoms with Gasteiger partial charge in [0.05, 0.1) is 28.6 Å². The Morgan fingerprint density at radius 2 is 2.14 bits per heavy atom. The predicted octanol–water partition coefficient (Wildman–Crippen LogP) is 1.40. The molecule has 0 saturated carbocycles. The smallest absolute Gasteiger partial charge is 0.0872 e. The molecule has 0 radical (unpaired) electrons. The third-order valence-corrected chi connectivity index (χ3v) is 2.37. The second-order valence-corrected chi connectivity index (χ2v) is 4.24. The van der Waals surface area contributed by atoms with Crippen molar-refractivity contribution >= 4 is 5.69 Å². The third-order valence-electron chi connectivity index (χ3n) is 2.37. The Balaban J connectivity index is 3.00. The van der Waals surface area contributed by atoms with Crippen LogP contribution in [0.2, 0.25) is 0 Å². The number of nitrogen functional groups attached to an aromatic ring is 1. The van der Waals surface area contributed by atoms with Crippen molar-refractivity contribution < 1.29 is 0 Å². The normalized spacial score (nSPS) is 11.4. The molecule has 0 bridgehead atoms. The number of aromatic nitrogens is 2. The molecule has 1 heterocycles. The Bertz CT molecular complexity index is 382. The van der Waals surface area contributed by atoms with Crippen molar-refractivity contribution in [3.8, 4) is 6.07 Å². The summed E-state index contributed by atoms with van der Waals surface area (Å²) < 4.78 is 1.75. The number of hydrogen-bond acceptors (Lipinski definition) is 3. The maximum atomic E-state index is 8.90. The van der Waals surface area contributed by atoms with Gasteiger partial charge in [-0.1, -0.05) is 0 Å². The Hall–Kier alpha value is -1.50. The molecule has 2 N–H and O–H groups in total. The molecule has 1 aromatic heterocycles. The van der Waals surface area contributed by atoms with Gasteiger partial charge in [-0.15, -0.1) is 0 Å². The van der Waals surface area contributed by atoms with Gasteiger partial charge in [-0.05, 0) is 20.8 Å². The first-order chi connectivity index (χ1) is 6.37. The number of hydrogen-bond donors (Lipinski definition) is 1. The topological polar surface area (TPSA) is 67.6 Å². The highest BCUT2D eigenvalue weighted by Crippen LogP contribution is 2.24. The van der Waals surface area contributed by atoms with Crippen LogP contribution in [0.4, 0.5) is 5.69 Å². The van der Waals surface area contributed by atoms with Gasteiger partial charge in [0, 0.05) is 13.5 Å². The molecule has 1 aromatic rings. The molecule has 0 atom stereocenters. The van der Waals surface area contributed by atoms with E-state index < -0.39 is 5.41 Å². The second kappa shape index (κ2) is 3.33. The van der Waals surface area contributed by atoms with Crippen LogP contribution in [0.15, 0.2) is 0 Å². The fraction of sp³-hybridized carbons (Fsp3) is 0.600. The Labute approximate surface area is 84.3 Å². The number of nitrogens with two attached hydrogens (primary N) is 1. The zero-order chi connectivity index (χ0) is 10.9. The van der Waals surface area contributed by atoms with Crippen LogP contribution in [-0.4, -0.2) is 9.78 Å². The van der Waals surface area contributed by atoms with Gasteiger partial charge in [-0.2, -0.15) is 10.4 Å². The minimum atomic E-state index is -0.408. The van der Waals surface area contributed by atoms with E-state index in [0.29, 0.717) is 12.1 Å². The fourth-order valence-corrected chi connectivity index (χ4v) is 1.28. The maximum Gasteiger partial charge on any atom is 0.0872 e. The zero-order valence-corrected chi connectivity index (χ0v) is 9.13. The second-order valence-electron chi connectivity index (χ2n) is 4.24. The van der Waals surface area contributed by atoms with Crippen molar-refractivity contribution in [2.45, 2.75) is 27.2 Å². The predicted molar refractivity (Wildman–Crippen MR) is 55.5 cm³/mol. The summed E-state index contributed by atoms with van der Waals surface area (Å²) in [6.45, 7) is 5.69. The van der Waals surface area contributed by atoms with Crippen LogP contribution >= 0.6 is 0 Å². The van der Waals surface area contributed by atoms with E-state index >= 15 is 0 Å². The first kappa shape index (κ1) is 10.6. The average Bonchev–Trinajstić information content (AvgIpc) is 2.33. The van der Waals surface area contributed by atoms with E-state index in [9.17, 15) is 0 Å². The summed E-state index contributed by atoms with van der Waals surface area (Å²) in [6.07, 6.45) is 0.594. The van der Waals surface area contributed by atoms with Gasteiger partial charge < -0.3 is 5.73 Å². The van der Waals surface area contributed by atoms with E-state index in [1.165, 1.54) is 0 Å². The lowest BCUT2D eigenvalue weighted by Crippen LogP contribution is -2.13. The highest BCUT2D eigenvalue weighted by molar-refractivity contribution is 5.48. The molecule has 76 valence electrons. The van der Waals surface area contributed by atoms with Gasteiger partial charge in [0.2, 0.25) is 0 Å². The molecule has 0 fully saturated rings. The molecule has 0 spiro atoms. The molecule has 4 nitrogen and oxygen atoms in total. The van der Waals surface area contributed by atoms with Gasteiger partial charge >= 0.3 is 0 Å². The summed E-state index contributed by atoms with van der Waals surface area (Å²) in [5.41, 5.74) is 7.94. The fourth-order valence-electron chi connectivity index (χ4n) is 1.28. The zero-order valence-electron chi connectivity index (χ0n) is 9.13. The quantitative estimate of drug-likeness (QED) is 0.770. The number of anilines is 1. The van der Waals surface area contributed by atoms with Crippen LogP contribution < -0.4 is 5.73 Å². The molecular formula is C10H16N4. The summed E-state index contributed by atoms with van der Waals surface area (Å²) in [6, 6.07) is 2.24. The molecule has 0 saturated heterocycles. The molecule has 14 heavy (non-hydrogen) atoms. The van der Waals surface area contributed by atoms with Crippen molar-refractivity contribution in [1.82, 2.24) is 9.78 Å². The van der Waals surface area contributed by atoms with Crippen molar-refractivity contribution in [3.05, 3.63) is 11.4 Å². The Kier molecular flexibility index (Phi) is 2.52. The van der Waals surface area contributed by atoms with Crippen LogP contribution in [0.5, 0.6) is 0 Å². The van der Waals surface area contributed by atoms with Crippen LogP contribution in [0, 0.1) is 23.7 Å². The maximum absolute atomic E-state index is 8.90. The highest BCUT2D eigenvalue weighted by atomic mass is 15.3. The summed E-state index contributed by atoms with van der Waals surface area (Å²) in [5, 5.41) is 13.2. The molecule has 4 heteroatoms. The van der Waals surface area contributed by atoms with Crippen molar-refractivity contribution in [2.75, 3.05) is 5.73 Å². The van der Waals surface area contributed by atoms with Gasteiger partial charge in [-0.25, -0.2) is 0 Å². The van der Waals surface area contributed by atoms with E-state index in [0.717, 1.165) is 11.4 Å². The molecule has 0 aromatic carbocycles. The summed E-state index contributed by atoms with van der Waals surface area (Å²) in [7, 11) is 1.86. The van der Waals surface area contributed by atoms with Crippen LogP contribution in [0.3, 0.4) is 0 Å². The minimum absolute atomic E-state index is 0.408. The van der Waals surface area contributed by atoms with Crippen LogP contribution in [0.25, 0.3) is 0 Å². The monoisotopic (exact) mass is 192 g/mol. The summed E-state index contributed by atoms with van der Waals surface area (Å²) in [5.74, 6) is 0. The summed E-state index contributed by atoms with van der Waals surface area (Å²) in [4.78, 5) is 0. The molecule has 1 rings (SSSR count). The van der Waals surface area contributed by atoms with Crippen LogP contribution in [0.1, 0.15) is 25.2 Å². The van der Waals surface area contributed by atoms with Gasteiger partial charge in [0.1, 0.15) is 0 Å². The van der Waals surface area contributed by atoms with E-state index in [1.54, 1.807) is 4.68 Å². The van der Waals surface area contributed by atoms with Crippen molar-refractivity contribution in [1.29, 1.82) is 5.26 Å². The lowest BCUT2D eigenvalue weighted by molar-refractivity contribution is 0.483. The van der Waals surface area contributed by atoms with Crippen molar-refractivity contribution in [3.63, 3.8) is 0 Å². The van der Waals surface area contributed by atoms with Crippen molar-refractivity contribution in [2.24, 2.45) is 12.5 Å². The number of nitrogens with zero attached hydrogens (tertiary/aromatic N) is 3. The van der Waals surface area contributed by atoms with E-state index in [2.05, 4.69) is 11.2 Å². The lowest BCUT2D eigenvalue weighted by atomic mass is 9.89. The molecule has 0 unspecified atom stereocenters. The minimum Gasteiger partial charge on any atom is -0.396 e. The first-order valence-corrected chi connectivity index (χ1v) is 4.56.